The lowest BCUT2D eigenvalue weighted by Crippen LogP contribution is -2.36. The van der Waals surface area contributed by atoms with Crippen LogP contribution in [-0.4, -0.2) is 18.4 Å². The molecule has 2 amide bonds. The third-order valence-electron chi connectivity index (χ3n) is 4.38. The Morgan fingerprint density at radius 3 is 2.23 bits per heavy atom. The summed E-state index contributed by atoms with van der Waals surface area (Å²) >= 11 is 0. The Balaban J connectivity index is 1.61. The molecule has 0 fully saturated rings. The molecule has 3 aromatic carbocycles. The molecule has 0 aliphatic heterocycles. The molecule has 0 spiro atoms. The molecule has 0 saturated heterocycles. The molecule has 1 N–H and O–H groups in total. The maximum absolute atomic E-state index is 12.4. The van der Waals surface area contributed by atoms with Gasteiger partial charge in [0.1, 0.15) is 18.9 Å². The fourth-order valence-corrected chi connectivity index (χ4v) is 2.82. The van der Waals surface area contributed by atoms with Gasteiger partial charge in [0.05, 0.1) is 11.6 Å². The van der Waals surface area contributed by atoms with Crippen LogP contribution in [0.3, 0.4) is 0 Å². The molecule has 0 aliphatic rings. The average molecular weight is 399 g/mol. The molecular formula is C24H21N3O3. The first-order chi connectivity index (χ1) is 14.5. The van der Waals surface area contributed by atoms with E-state index in [2.05, 4.69) is 5.32 Å². The molecule has 0 unspecified atom stereocenters. The minimum Gasteiger partial charge on any atom is -0.489 e. The number of hydrogen-bond donors (Lipinski definition) is 1. The number of ether oxygens (including phenoxy) is 1. The van der Waals surface area contributed by atoms with Gasteiger partial charge in [0.15, 0.2) is 0 Å². The van der Waals surface area contributed by atoms with Crippen molar-refractivity contribution in [1.82, 2.24) is 0 Å². The number of benzene rings is 3. The van der Waals surface area contributed by atoms with Gasteiger partial charge in [-0.1, -0.05) is 30.3 Å². The van der Waals surface area contributed by atoms with Crippen LogP contribution < -0.4 is 15.0 Å². The summed E-state index contributed by atoms with van der Waals surface area (Å²) in [6, 6.07) is 25.4. The van der Waals surface area contributed by atoms with Crippen LogP contribution >= 0.6 is 0 Å². The van der Waals surface area contributed by atoms with Gasteiger partial charge < -0.3 is 15.0 Å². The number of nitrogens with zero attached hydrogens (tertiary/aromatic N) is 2. The number of amides is 2. The number of anilines is 2. The number of rotatable bonds is 7. The molecule has 3 aromatic rings. The van der Waals surface area contributed by atoms with Crippen molar-refractivity contribution in [3.63, 3.8) is 0 Å². The number of carbonyl (C=O) groups is 2. The lowest BCUT2D eigenvalue weighted by atomic mass is 10.2. The highest BCUT2D eigenvalue weighted by molar-refractivity contribution is 6.01. The van der Waals surface area contributed by atoms with Crippen LogP contribution in [0.25, 0.3) is 0 Å². The van der Waals surface area contributed by atoms with Crippen LogP contribution in [0.2, 0.25) is 0 Å². The number of nitrogens with one attached hydrogen (secondary N) is 1. The highest BCUT2D eigenvalue weighted by atomic mass is 16.5. The van der Waals surface area contributed by atoms with Crippen molar-refractivity contribution in [3.05, 3.63) is 90.0 Å². The Kier molecular flexibility index (Phi) is 6.80. The van der Waals surface area contributed by atoms with Crippen LogP contribution in [0.5, 0.6) is 5.75 Å². The Morgan fingerprint density at radius 2 is 1.63 bits per heavy atom. The van der Waals surface area contributed by atoms with Crippen molar-refractivity contribution < 1.29 is 14.3 Å². The Labute approximate surface area is 175 Å². The van der Waals surface area contributed by atoms with E-state index in [1.807, 2.05) is 36.4 Å². The van der Waals surface area contributed by atoms with Crippen molar-refractivity contribution in [3.8, 4) is 11.8 Å². The summed E-state index contributed by atoms with van der Waals surface area (Å²) in [5.41, 5.74) is 2.73. The van der Waals surface area contributed by atoms with E-state index >= 15 is 0 Å². The highest BCUT2D eigenvalue weighted by Gasteiger charge is 2.16. The van der Waals surface area contributed by atoms with Crippen LogP contribution in [-0.2, 0) is 16.2 Å². The predicted octanol–water partition coefficient (Wildman–Crippen LogP) is 4.13. The second kappa shape index (κ2) is 9.89. The van der Waals surface area contributed by atoms with Gasteiger partial charge in [0.25, 0.3) is 0 Å². The number of carbonyl (C=O) groups excluding carboxylic acids is 2. The summed E-state index contributed by atoms with van der Waals surface area (Å²) in [7, 11) is 0. The van der Waals surface area contributed by atoms with Gasteiger partial charge in [-0.25, -0.2) is 0 Å². The molecular weight excluding hydrogens is 378 g/mol. The zero-order valence-corrected chi connectivity index (χ0v) is 16.5. The van der Waals surface area contributed by atoms with Crippen molar-refractivity contribution >= 4 is 23.2 Å². The monoisotopic (exact) mass is 399 g/mol. The summed E-state index contributed by atoms with van der Waals surface area (Å²) < 4.78 is 5.76. The largest absolute Gasteiger partial charge is 0.489 e. The number of nitriles is 1. The number of hydrogen-bond acceptors (Lipinski definition) is 4. The predicted molar refractivity (Wildman–Crippen MR) is 115 cm³/mol. The molecule has 0 aromatic heterocycles. The van der Waals surface area contributed by atoms with Gasteiger partial charge >= 0.3 is 0 Å². The van der Waals surface area contributed by atoms with Gasteiger partial charge in [-0.3, -0.25) is 9.59 Å². The van der Waals surface area contributed by atoms with Crippen LogP contribution in [0, 0.1) is 11.3 Å². The third-order valence-corrected chi connectivity index (χ3v) is 4.38. The SMILES string of the molecule is CC(=O)N(CC(=O)Nc1ccc(C#N)cc1)c1ccc(OCc2ccccc2)cc1. The first-order valence-corrected chi connectivity index (χ1v) is 9.40. The molecule has 0 heterocycles. The molecule has 0 saturated carbocycles. The van der Waals surface area contributed by atoms with Crippen molar-refractivity contribution in [2.24, 2.45) is 0 Å². The van der Waals surface area contributed by atoms with Gasteiger partial charge in [-0.2, -0.15) is 5.26 Å². The Hall–Kier alpha value is -4.11. The van der Waals surface area contributed by atoms with Gasteiger partial charge in [0, 0.05) is 18.3 Å². The van der Waals surface area contributed by atoms with Gasteiger partial charge in [-0.05, 0) is 54.1 Å². The zero-order chi connectivity index (χ0) is 21.3. The quantitative estimate of drug-likeness (QED) is 0.648. The molecule has 6 nitrogen and oxygen atoms in total. The standard InChI is InChI=1S/C24H21N3O3/c1-18(28)27(16-24(29)26-21-9-7-19(15-25)8-10-21)22-11-13-23(14-12-22)30-17-20-5-3-2-4-6-20/h2-14H,16-17H2,1H3,(H,26,29). The average Bonchev–Trinajstić information content (AvgIpc) is 2.77. The van der Waals surface area contributed by atoms with Crippen LogP contribution in [0.15, 0.2) is 78.9 Å². The fraction of sp³-hybridized carbons (Fsp3) is 0.125. The fourth-order valence-electron chi connectivity index (χ4n) is 2.82. The van der Waals surface area contributed by atoms with E-state index in [1.165, 1.54) is 11.8 Å². The van der Waals surface area contributed by atoms with Crippen LogP contribution in [0.1, 0.15) is 18.1 Å². The molecule has 30 heavy (non-hydrogen) atoms. The molecule has 0 atom stereocenters. The van der Waals surface area contributed by atoms with Gasteiger partial charge in [-0.15, -0.1) is 0 Å². The van der Waals surface area contributed by atoms with E-state index in [0.29, 0.717) is 29.3 Å². The van der Waals surface area contributed by atoms with Gasteiger partial charge in [0.2, 0.25) is 11.8 Å². The molecule has 150 valence electrons. The first kappa shape index (κ1) is 20.6. The molecule has 0 aliphatic carbocycles. The van der Waals surface area contributed by atoms with E-state index in [1.54, 1.807) is 48.5 Å². The van der Waals surface area contributed by atoms with E-state index in [-0.39, 0.29) is 18.4 Å². The van der Waals surface area contributed by atoms with E-state index < -0.39 is 0 Å². The second-order valence-corrected chi connectivity index (χ2v) is 6.61. The maximum atomic E-state index is 12.4. The third kappa shape index (κ3) is 5.69. The Bertz CT molecular complexity index is 1040. The minimum atomic E-state index is -0.334. The van der Waals surface area contributed by atoms with E-state index in [9.17, 15) is 9.59 Å². The summed E-state index contributed by atoms with van der Waals surface area (Å²) in [6.07, 6.45) is 0. The van der Waals surface area contributed by atoms with E-state index in [0.717, 1.165) is 5.56 Å². The Morgan fingerprint density at radius 1 is 0.967 bits per heavy atom. The van der Waals surface area contributed by atoms with Crippen molar-refractivity contribution in [1.29, 1.82) is 5.26 Å². The van der Waals surface area contributed by atoms with Crippen molar-refractivity contribution in [2.45, 2.75) is 13.5 Å². The highest BCUT2D eigenvalue weighted by Crippen LogP contribution is 2.21. The van der Waals surface area contributed by atoms with Crippen LogP contribution in [0.4, 0.5) is 11.4 Å². The molecule has 6 heteroatoms. The topological polar surface area (TPSA) is 82.4 Å². The summed E-state index contributed by atoms with van der Waals surface area (Å²) in [5.74, 6) is 0.0929. The summed E-state index contributed by atoms with van der Waals surface area (Å²) in [6.45, 7) is 1.73. The smallest absolute Gasteiger partial charge is 0.244 e. The maximum Gasteiger partial charge on any atom is 0.244 e. The lowest BCUT2D eigenvalue weighted by Gasteiger charge is -2.21. The lowest BCUT2D eigenvalue weighted by molar-refractivity contribution is -0.120. The molecule has 0 bridgehead atoms. The van der Waals surface area contributed by atoms with Crippen molar-refractivity contribution in [2.75, 3.05) is 16.8 Å². The second-order valence-electron chi connectivity index (χ2n) is 6.61. The summed E-state index contributed by atoms with van der Waals surface area (Å²) in [5, 5.41) is 11.6. The normalized spacial score (nSPS) is 10.0. The summed E-state index contributed by atoms with van der Waals surface area (Å²) in [4.78, 5) is 25.9. The van der Waals surface area contributed by atoms with E-state index in [4.69, 9.17) is 10.00 Å². The first-order valence-electron chi connectivity index (χ1n) is 9.40. The zero-order valence-electron chi connectivity index (χ0n) is 16.5. The molecule has 3 rings (SSSR count). The minimum absolute atomic E-state index is 0.125. The molecule has 0 radical (unpaired) electrons.